The van der Waals surface area contributed by atoms with Crippen molar-refractivity contribution >= 4 is 23.4 Å². The summed E-state index contributed by atoms with van der Waals surface area (Å²) in [5, 5.41) is -0.343. The van der Waals surface area contributed by atoms with Crippen molar-refractivity contribution in [2.24, 2.45) is 0 Å². The van der Waals surface area contributed by atoms with E-state index in [-0.39, 0.29) is 5.02 Å². The van der Waals surface area contributed by atoms with Crippen LogP contribution in [0.5, 0.6) is 0 Å². The molecule has 0 aliphatic carbocycles. The maximum atomic E-state index is 13.1. The van der Waals surface area contributed by atoms with E-state index in [0.29, 0.717) is 0 Å². The van der Waals surface area contributed by atoms with Crippen molar-refractivity contribution in [3.63, 3.8) is 0 Å². The van der Waals surface area contributed by atoms with Gasteiger partial charge >= 0.3 is 5.97 Å². The lowest BCUT2D eigenvalue weighted by Gasteiger charge is -2.03. The van der Waals surface area contributed by atoms with Gasteiger partial charge < -0.3 is 4.74 Å². The van der Waals surface area contributed by atoms with Crippen molar-refractivity contribution in [1.82, 2.24) is 0 Å². The Morgan fingerprint density at radius 2 is 1.93 bits per heavy atom. The summed E-state index contributed by atoms with van der Waals surface area (Å²) >= 11 is 5.46. The smallest absolute Gasteiger partial charge is 0.379 e. The number of Topliss-reactive ketones (excluding diaryl/α,β-unsaturated/α-hetero) is 1. The summed E-state index contributed by atoms with van der Waals surface area (Å²) in [5.41, 5.74) is -0.816. The van der Waals surface area contributed by atoms with Crippen molar-refractivity contribution in [2.45, 2.75) is 0 Å². The molecule has 1 aromatic carbocycles. The SMILES string of the molecule is COC(=O)C(=O)c1c(Cl)ccc(F)c1F. The molecular weight excluding hydrogens is 230 g/mol. The van der Waals surface area contributed by atoms with Crippen LogP contribution in [-0.2, 0) is 9.53 Å². The number of hydrogen-bond acceptors (Lipinski definition) is 3. The molecule has 80 valence electrons. The van der Waals surface area contributed by atoms with Gasteiger partial charge in [0.15, 0.2) is 11.6 Å². The molecule has 0 aliphatic rings. The van der Waals surface area contributed by atoms with Crippen LogP contribution < -0.4 is 0 Å². The molecule has 0 saturated carbocycles. The van der Waals surface area contributed by atoms with Crippen LogP contribution in [0, 0.1) is 11.6 Å². The third-order valence-electron chi connectivity index (χ3n) is 1.64. The molecule has 0 aliphatic heterocycles. The van der Waals surface area contributed by atoms with E-state index >= 15 is 0 Å². The van der Waals surface area contributed by atoms with Crippen LogP contribution in [-0.4, -0.2) is 18.9 Å². The number of ketones is 1. The zero-order valence-electron chi connectivity index (χ0n) is 7.51. The summed E-state index contributed by atoms with van der Waals surface area (Å²) in [7, 11) is 0.950. The molecule has 0 fully saturated rings. The fourth-order valence-electron chi connectivity index (χ4n) is 0.930. The van der Waals surface area contributed by atoms with Crippen molar-refractivity contribution in [2.75, 3.05) is 7.11 Å². The Labute approximate surface area is 88.6 Å². The molecule has 0 heterocycles. The summed E-state index contributed by atoms with van der Waals surface area (Å²) in [5.74, 6) is -5.34. The van der Waals surface area contributed by atoms with Crippen molar-refractivity contribution in [1.29, 1.82) is 0 Å². The molecule has 0 saturated heterocycles. The van der Waals surface area contributed by atoms with Gasteiger partial charge in [-0.15, -0.1) is 0 Å². The van der Waals surface area contributed by atoms with Crippen LogP contribution in [0.25, 0.3) is 0 Å². The van der Waals surface area contributed by atoms with Crippen LogP contribution in [0.15, 0.2) is 12.1 Å². The zero-order valence-corrected chi connectivity index (χ0v) is 8.27. The number of hydrogen-bond donors (Lipinski definition) is 0. The number of rotatable bonds is 2. The Bertz CT molecular complexity index is 432. The lowest BCUT2D eigenvalue weighted by atomic mass is 10.1. The Morgan fingerprint density at radius 3 is 2.47 bits per heavy atom. The number of carbonyl (C=O) groups excluding carboxylic acids is 2. The summed E-state index contributed by atoms with van der Waals surface area (Å²) in [6.07, 6.45) is 0. The minimum atomic E-state index is -1.46. The number of ether oxygens (including phenoxy) is 1. The van der Waals surface area contributed by atoms with Gasteiger partial charge in [0.05, 0.1) is 17.7 Å². The lowest BCUT2D eigenvalue weighted by molar-refractivity contribution is -0.135. The molecule has 0 unspecified atom stereocenters. The van der Waals surface area contributed by atoms with E-state index in [9.17, 15) is 18.4 Å². The monoisotopic (exact) mass is 234 g/mol. The van der Waals surface area contributed by atoms with Crippen LogP contribution in [0.4, 0.5) is 8.78 Å². The molecule has 0 aromatic heterocycles. The van der Waals surface area contributed by atoms with Crippen LogP contribution in [0.1, 0.15) is 10.4 Å². The molecule has 6 heteroatoms. The van der Waals surface area contributed by atoms with Crippen molar-refractivity contribution in [3.05, 3.63) is 34.4 Å². The molecular formula is C9H5ClF2O3. The lowest BCUT2D eigenvalue weighted by Crippen LogP contribution is -2.18. The van der Waals surface area contributed by atoms with Gasteiger partial charge in [0.2, 0.25) is 0 Å². The number of esters is 1. The van der Waals surface area contributed by atoms with E-state index < -0.39 is 29.0 Å². The molecule has 1 aromatic rings. The Balaban J connectivity index is 3.31. The normalized spacial score (nSPS) is 9.87. The van der Waals surface area contributed by atoms with Gasteiger partial charge in [-0.2, -0.15) is 0 Å². The summed E-state index contributed by atoms with van der Waals surface area (Å²) in [6, 6.07) is 1.74. The molecule has 0 spiro atoms. The average Bonchev–Trinajstić information content (AvgIpc) is 2.22. The summed E-state index contributed by atoms with van der Waals surface area (Å²) in [4.78, 5) is 22.0. The molecule has 3 nitrogen and oxygen atoms in total. The summed E-state index contributed by atoms with van der Waals surface area (Å²) in [6.45, 7) is 0. The molecule has 0 N–H and O–H groups in total. The number of halogens is 3. The first-order valence-corrected chi connectivity index (χ1v) is 4.13. The standard InChI is InChI=1S/C9H5ClF2O3/c1-15-9(14)8(13)6-4(10)2-3-5(11)7(6)12/h2-3H,1H3. The topological polar surface area (TPSA) is 43.4 Å². The van der Waals surface area contributed by atoms with Crippen LogP contribution >= 0.6 is 11.6 Å². The predicted molar refractivity (Wildman–Crippen MR) is 47.7 cm³/mol. The second-order valence-electron chi connectivity index (χ2n) is 2.54. The molecule has 0 bridgehead atoms. The Morgan fingerprint density at radius 1 is 1.33 bits per heavy atom. The summed E-state index contributed by atoms with van der Waals surface area (Å²) < 4.78 is 30.0. The van der Waals surface area contributed by atoms with E-state index in [1.54, 1.807) is 0 Å². The molecule has 1 rings (SSSR count). The number of carbonyl (C=O) groups is 2. The van der Waals surface area contributed by atoms with Crippen LogP contribution in [0.3, 0.4) is 0 Å². The molecule has 0 amide bonds. The molecule has 0 radical (unpaired) electrons. The number of benzene rings is 1. The van der Waals surface area contributed by atoms with E-state index in [4.69, 9.17) is 11.6 Å². The second kappa shape index (κ2) is 4.35. The first-order valence-electron chi connectivity index (χ1n) is 3.75. The predicted octanol–water partition coefficient (Wildman–Crippen LogP) is 1.97. The van der Waals surface area contributed by atoms with Gasteiger partial charge in [-0.3, -0.25) is 4.79 Å². The maximum Gasteiger partial charge on any atom is 0.379 e. The fourth-order valence-corrected chi connectivity index (χ4v) is 1.16. The van der Waals surface area contributed by atoms with Gasteiger partial charge in [0.1, 0.15) is 0 Å². The first-order chi connectivity index (χ1) is 6.99. The minimum absolute atomic E-state index is 0.343. The fraction of sp³-hybridized carbons (Fsp3) is 0.111. The van der Waals surface area contributed by atoms with Crippen molar-refractivity contribution in [3.8, 4) is 0 Å². The Kier molecular flexibility index (Phi) is 3.36. The van der Waals surface area contributed by atoms with E-state index in [1.165, 1.54) is 0 Å². The number of methoxy groups -OCH3 is 1. The highest BCUT2D eigenvalue weighted by molar-refractivity contribution is 6.45. The van der Waals surface area contributed by atoms with Crippen molar-refractivity contribution < 1.29 is 23.1 Å². The Hall–Kier alpha value is -1.49. The third-order valence-corrected chi connectivity index (χ3v) is 1.96. The molecule has 15 heavy (non-hydrogen) atoms. The molecule has 0 atom stereocenters. The van der Waals surface area contributed by atoms with Gasteiger partial charge in [0.25, 0.3) is 5.78 Å². The van der Waals surface area contributed by atoms with E-state index in [1.807, 2.05) is 0 Å². The first kappa shape index (κ1) is 11.6. The largest absolute Gasteiger partial charge is 0.463 e. The van der Waals surface area contributed by atoms with Gasteiger partial charge in [-0.05, 0) is 12.1 Å². The highest BCUT2D eigenvalue weighted by Crippen LogP contribution is 2.22. The second-order valence-corrected chi connectivity index (χ2v) is 2.95. The van der Waals surface area contributed by atoms with Crippen LogP contribution in [0.2, 0.25) is 5.02 Å². The third kappa shape index (κ3) is 2.12. The zero-order chi connectivity index (χ0) is 11.6. The highest BCUT2D eigenvalue weighted by Gasteiger charge is 2.25. The maximum absolute atomic E-state index is 13.1. The van der Waals surface area contributed by atoms with E-state index in [2.05, 4.69) is 4.74 Å². The van der Waals surface area contributed by atoms with Gasteiger partial charge in [-0.1, -0.05) is 11.6 Å². The van der Waals surface area contributed by atoms with Gasteiger partial charge in [-0.25, -0.2) is 13.6 Å². The minimum Gasteiger partial charge on any atom is -0.463 e. The van der Waals surface area contributed by atoms with E-state index in [0.717, 1.165) is 19.2 Å². The van der Waals surface area contributed by atoms with Gasteiger partial charge in [0, 0.05) is 0 Å². The average molecular weight is 235 g/mol. The quantitative estimate of drug-likeness (QED) is 0.340. The highest BCUT2D eigenvalue weighted by atomic mass is 35.5.